The zero-order valence-corrected chi connectivity index (χ0v) is 13.4. The van der Waals surface area contributed by atoms with Crippen LogP contribution in [0.1, 0.15) is 5.56 Å². The van der Waals surface area contributed by atoms with Crippen molar-refractivity contribution in [3.8, 4) is 5.69 Å². The fourth-order valence-electron chi connectivity index (χ4n) is 2.13. The van der Waals surface area contributed by atoms with E-state index in [9.17, 15) is 27.0 Å². The molecule has 0 aliphatic heterocycles. The first-order chi connectivity index (χ1) is 10.5. The molecule has 0 fully saturated rings. The van der Waals surface area contributed by atoms with Gasteiger partial charge in [-0.25, -0.2) is 18.8 Å². The summed E-state index contributed by atoms with van der Waals surface area (Å²) in [6.45, 7) is 1.53. The van der Waals surface area contributed by atoms with Crippen LogP contribution in [0.2, 0.25) is 0 Å². The van der Waals surface area contributed by atoms with Gasteiger partial charge in [0, 0.05) is 19.0 Å². The lowest BCUT2D eigenvalue weighted by Gasteiger charge is -2.11. The summed E-state index contributed by atoms with van der Waals surface area (Å²) in [6.07, 6.45) is -4.57. The molecule has 0 aliphatic rings. The summed E-state index contributed by atoms with van der Waals surface area (Å²) in [4.78, 5) is 23.8. The van der Waals surface area contributed by atoms with E-state index in [1.807, 2.05) is 0 Å². The molecular weight excluding hydrogens is 335 g/mol. The van der Waals surface area contributed by atoms with Crippen molar-refractivity contribution in [2.75, 3.05) is 5.75 Å². The minimum absolute atomic E-state index is 0.0250. The summed E-state index contributed by atoms with van der Waals surface area (Å²) in [6, 6.07) is 4.17. The number of rotatable bonds is 3. The summed E-state index contributed by atoms with van der Waals surface area (Å²) in [5.74, 6) is -1.47. The lowest BCUT2D eigenvalue weighted by Crippen LogP contribution is -2.25. The van der Waals surface area contributed by atoms with Gasteiger partial charge in [0.25, 0.3) is 0 Å². The minimum atomic E-state index is -4.57. The van der Waals surface area contributed by atoms with Crippen LogP contribution in [0.5, 0.6) is 0 Å². The van der Waals surface area contributed by atoms with E-state index in [2.05, 4.69) is 0 Å². The standard InChI is InChI=1S/C13H14F3N3O3S/c1-8-4-5-9(6-10(8)23(22)7-13(14,15)16)19-12(21)17(2)11(20)18(19)3/h4-6H,7H2,1-3H3. The zero-order chi connectivity index (χ0) is 17.5. The molecule has 1 atom stereocenters. The molecular formula is C13H14F3N3O3S. The molecule has 0 radical (unpaired) electrons. The third-order valence-electron chi connectivity index (χ3n) is 3.29. The van der Waals surface area contributed by atoms with Crippen LogP contribution in [0.25, 0.3) is 5.69 Å². The van der Waals surface area contributed by atoms with Crippen LogP contribution < -0.4 is 11.4 Å². The Bertz CT molecular complexity index is 893. The third-order valence-corrected chi connectivity index (χ3v) is 4.81. The number of hydrogen-bond acceptors (Lipinski definition) is 3. The summed E-state index contributed by atoms with van der Waals surface area (Å²) in [7, 11) is 0.352. The van der Waals surface area contributed by atoms with Gasteiger partial charge in [-0.3, -0.25) is 4.21 Å². The molecule has 0 N–H and O–H groups in total. The molecule has 0 saturated heterocycles. The number of aryl methyl sites for hydroxylation is 1. The Morgan fingerprint density at radius 3 is 2.22 bits per heavy atom. The van der Waals surface area contributed by atoms with Crippen molar-refractivity contribution < 1.29 is 17.4 Å². The summed E-state index contributed by atoms with van der Waals surface area (Å²) >= 11 is 0. The Balaban J connectivity index is 2.59. The van der Waals surface area contributed by atoms with Gasteiger partial charge in [-0.05, 0) is 24.6 Å². The Morgan fingerprint density at radius 1 is 1.13 bits per heavy atom. The maximum atomic E-state index is 12.4. The van der Waals surface area contributed by atoms with E-state index >= 15 is 0 Å². The zero-order valence-electron chi connectivity index (χ0n) is 12.5. The Labute approximate surface area is 131 Å². The third kappa shape index (κ3) is 3.31. The predicted octanol–water partition coefficient (Wildman–Crippen LogP) is 0.853. The second kappa shape index (κ2) is 5.84. The average Bonchev–Trinajstić information content (AvgIpc) is 2.62. The van der Waals surface area contributed by atoms with Crippen molar-refractivity contribution in [1.29, 1.82) is 0 Å². The van der Waals surface area contributed by atoms with Gasteiger partial charge < -0.3 is 0 Å². The van der Waals surface area contributed by atoms with E-state index in [0.29, 0.717) is 5.56 Å². The number of benzene rings is 1. The van der Waals surface area contributed by atoms with Crippen LogP contribution in [0.3, 0.4) is 0 Å². The molecule has 1 unspecified atom stereocenters. The van der Waals surface area contributed by atoms with Crippen molar-refractivity contribution in [2.24, 2.45) is 14.1 Å². The van der Waals surface area contributed by atoms with E-state index in [0.717, 1.165) is 13.9 Å². The van der Waals surface area contributed by atoms with Gasteiger partial charge in [0.05, 0.1) is 16.5 Å². The van der Waals surface area contributed by atoms with Crippen molar-refractivity contribution in [2.45, 2.75) is 18.0 Å². The van der Waals surface area contributed by atoms with Crippen LogP contribution in [0.4, 0.5) is 13.2 Å². The fourth-order valence-corrected chi connectivity index (χ4v) is 3.26. The van der Waals surface area contributed by atoms with Gasteiger partial charge in [0.15, 0.2) is 0 Å². The quantitative estimate of drug-likeness (QED) is 0.825. The highest BCUT2D eigenvalue weighted by molar-refractivity contribution is 7.85. The molecule has 126 valence electrons. The maximum Gasteiger partial charge on any atom is 0.400 e. The fraction of sp³-hybridized carbons (Fsp3) is 0.385. The van der Waals surface area contributed by atoms with Crippen molar-refractivity contribution >= 4 is 10.8 Å². The second-order valence-corrected chi connectivity index (χ2v) is 6.43. The molecule has 10 heteroatoms. The Morgan fingerprint density at radius 2 is 1.74 bits per heavy atom. The minimum Gasteiger partial charge on any atom is -0.254 e. The van der Waals surface area contributed by atoms with Crippen LogP contribution in [-0.4, -0.2) is 30.1 Å². The van der Waals surface area contributed by atoms with Crippen molar-refractivity contribution in [3.05, 3.63) is 44.7 Å². The number of hydrogen-bond donors (Lipinski definition) is 0. The van der Waals surface area contributed by atoms with Gasteiger partial charge in [-0.2, -0.15) is 17.9 Å². The molecule has 1 heterocycles. The van der Waals surface area contributed by atoms with E-state index in [-0.39, 0.29) is 10.6 Å². The van der Waals surface area contributed by atoms with Gasteiger partial charge in [-0.15, -0.1) is 0 Å². The van der Waals surface area contributed by atoms with E-state index < -0.39 is 34.1 Å². The molecule has 0 saturated carbocycles. The molecule has 0 amide bonds. The van der Waals surface area contributed by atoms with Crippen molar-refractivity contribution in [1.82, 2.24) is 13.9 Å². The SMILES string of the molecule is Cc1ccc(-n2c(=O)n(C)c(=O)n2C)cc1S(=O)CC(F)(F)F. The summed E-state index contributed by atoms with van der Waals surface area (Å²) in [5, 5.41) is 0. The largest absolute Gasteiger partial charge is 0.400 e. The summed E-state index contributed by atoms with van der Waals surface area (Å²) < 4.78 is 52.1. The van der Waals surface area contributed by atoms with Crippen LogP contribution in [-0.2, 0) is 24.9 Å². The van der Waals surface area contributed by atoms with Gasteiger partial charge >= 0.3 is 17.6 Å². The molecule has 23 heavy (non-hydrogen) atoms. The van der Waals surface area contributed by atoms with E-state index in [4.69, 9.17) is 0 Å². The highest BCUT2D eigenvalue weighted by Crippen LogP contribution is 2.23. The molecule has 2 rings (SSSR count). The lowest BCUT2D eigenvalue weighted by molar-refractivity contribution is -0.105. The van der Waals surface area contributed by atoms with Crippen LogP contribution in [0.15, 0.2) is 32.7 Å². The topological polar surface area (TPSA) is 66.0 Å². The Hall–Kier alpha value is -2.10. The van der Waals surface area contributed by atoms with Gasteiger partial charge in [0.2, 0.25) is 0 Å². The smallest absolute Gasteiger partial charge is 0.254 e. The normalized spacial score (nSPS) is 13.3. The van der Waals surface area contributed by atoms with Crippen LogP contribution in [0, 0.1) is 6.92 Å². The first kappa shape index (κ1) is 17.3. The van der Waals surface area contributed by atoms with Gasteiger partial charge in [0.1, 0.15) is 5.75 Å². The van der Waals surface area contributed by atoms with E-state index in [1.54, 1.807) is 0 Å². The van der Waals surface area contributed by atoms with Crippen molar-refractivity contribution in [3.63, 3.8) is 0 Å². The van der Waals surface area contributed by atoms with Crippen LogP contribution >= 0.6 is 0 Å². The molecule has 0 spiro atoms. The first-order valence-corrected chi connectivity index (χ1v) is 7.76. The monoisotopic (exact) mass is 349 g/mol. The molecule has 0 bridgehead atoms. The highest BCUT2D eigenvalue weighted by Gasteiger charge is 2.31. The first-order valence-electron chi connectivity index (χ1n) is 6.44. The van der Waals surface area contributed by atoms with E-state index in [1.165, 1.54) is 39.2 Å². The lowest BCUT2D eigenvalue weighted by atomic mass is 10.2. The maximum absolute atomic E-state index is 12.4. The van der Waals surface area contributed by atoms with Gasteiger partial charge in [-0.1, -0.05) is 6.07 Å². The second-order valence-electron chi connectivity index (χ2n) is 5.01. The Kier molecular flexibility index (Phi) is 4.38. The molecule has 2 aromatic rings. The average molecular weight is 349 g/mol. The molecule has 1 aromatic carbocycles. The molecule has 0 aliphatic carbocycles. The molecule has 6 nitrogen and oxygen atoms in total. The number of nitrogens with zero attached hydrogens (tertiary/aromatic N) is 3. The highest BCUT2D eigenvalue weighted by atomic mass is 32.2. The summed E-state index contributed by atoms with van der Waals surface area (Å²) in [5.41, 5.74) is -0.640. The number of halogens is 3. The predicted molar refractivity (Wildman–Crippen MR) is 78.3 cm³/mol. The molecule has 1 aromatic heterocycles. The number of aromatic nitrogens is 3. The number of alkyl halides is 3.